The van der Waals surface area contributed by atoms with Gasteiger partial charge >= 0.3 is 0 Å². The summed E-state index contributed by atoms with van der Waals surface area (Å²) in [7, 11) is -2.59. The molecule has 0 radical (unpaired) electrons. The van der Waals surface area contributed by atoms with Crippen LogP contribution in [-0.4, -0.2) is 44.8 Å². The van der Waals surface area contributed by atoms with Crippen molar-refractivity contribution < 1.29 is 18.0 Å². The highest BCUT2D eigenvalue weighted by molar-refractivity contribution is 7.92. The maximum atomic E-state index is 14.3. The molecule has 4 rings (SSSR count). The SMILES string of the molecule is CNC(=O)[C@@H](Cc1ccccc1)N(Cc1ccccc1)C(=O)CN(c1ccc(C(C)C)cc1)S(=O)(=O)c1ccc(C)cc1. The van der Waals surface area contributed by atoms with E-state index in [0.717, 1.165) is 26.6 Å². The Morgan fingerprint density at radius 2 is 1.33 bits per heavy atom. The molecule has 0 bridgehead atoms. The highest BCUT2D eigenvalue weighted by atomic mass is 32.2. The number of hydrogen-bond donors (Lipinski definition) is 1. The molecule has 0 saturated carbocycles. The average Bonchev–Trinajstić information content (AvgIpc) is 3.02. The van der Waals surface area contributed by atoms with Crippen LogP contribution < -0.4 is 9.62 Å². The third kappa shape index (κ3) is 7.90. The van der Waals surface area contributed by atoms with Crippen molar-refractivity contribution >= 4 is 27.5 Å². The van der Waals surface area contributed by atoms with Gasteiger partial charge in [-0.15, -0.1) is 0 Å². The summed E-state index contributed by atoms with van der Waals surface area (Å²) in [6.07, 6.45) is 0.271. The average molecular weight is 598 g/mol. The monoisotopic (exact) mass is 597 g/mol. The number of sulfonamides is 1. The predicted octanol–water partition coefficient (Wildman–Crippen LogP) is 5.70. The van der Waals surface area contributed by atoms with Crippen LogP contribution in [0.2, 0.25) is 0 Å². The van der Waals surface area contributed by atoms with E-state index in [2.05, 4.69) is 19.2 Å². The molecular formula is C35H39N3O4S. The molecule has 0 heterocycles. The van der Waals surface area contributed by atoms with Gasteiger partial charge in [0.05, 0.1) is 10.6 Å². The Labute approximate surface area is 255 Å². The third-order valence-corrected chi connectivity index (χ3v) is 9.24. The van der Waals surface area contributed by atoms with Gasteiger partial charge in [0.25, 0.3) is 10.0 Å². The Kier molecular flexibility index (Phi) is 10.4. The largest absolute Gasteiger partial charge is 0.357 e. The molecule has 0 aliphatic heterocycles. The van der Waals surface area contributed by atoms with Crippen LogP contribution in [0.5, 0.6) is 0 Å². The second-order valence-corrected chi connectivity index (χ2v) is 12.8. The molecule has 0 unspecified atom stereocenters. The van der Waals surface area contributed by atoms with Crippen molar-refractivity contribution in [2.45, 2.75) is 50.6 Å². The molecular weight excluding hydrogens is 558 g/mol. The van der Waals surface area contributed by atoms with Gasteiger partial charge in [-0.05, 0) is 53.8 Å². The fraction of sp³-hybridized carbons (Fsp3) is 0.257. The number of carbonyl (C=O) groups excluding carboxylic acids is 2. The Morgan fingerprint density at radius 1 is 0.767 bits per heavy atom. The number of nitrogens with one attached hydrogen (secondary N) is 1. The van der Waals surface area contributed by atoms with Gasteiger partial charge < -0.3 is 10.2 Å². The molecule has 0 saturated heterocycles. The number of aryl methyl sites for hydroxylation is 1. The lowest BCUT2D eigenvalue weighted by Crippen LogP contribution is -2.53. The maximum Gasteiger partial charge on any atom is 0.264 e. The van der Waals surface area contributed by atoms with E-state index in [-0.39, 0.29) is 29.7 Å². The zero-order chi connectivity index (χ0) is 31.0. The molecule has 4 aromatic carbocycles. The summed E-state index contributed by atoms with van der Waals surface area (Å²) < 4.78 is 29.4. The first kappa shape index (κ1) is 31.5. The molecule has 0 aromatic heterocycles. The lowest BCUT2D eigenvalue weighted by atomic mass is 10.0. The van der Waals surface area contributed by atoms with E-state index in [1.165, 1.54) is 11.9 Å². The Hall–Kier alpha value is -4.43. The van der Waals surface area contributed by atoms with E-state index in [1.807, 2.05) is 79.7 Å². The van der Waals surface area contributed by atoms with Gasteiger partial charge in [-0.3, -0.25) is 13.9 Å². The summed E-state index contributed by atoms with van der Waals surface area (Å²) >= 11 is 0. The van der Waals surface area contributed by atoms with Crippen LogP contribution in [0.25, 0.3) is 0 Å². The zero-order valence-corrected chi connectivity index (χ0v) is 25.9. The van der Waals surface area contributed by atoms with Crippen LogP contribution in [0.3, 0.4) is 0 Å². The van der Waals surface area contributed by atoms with Gasteiger partial charge in [0.15, 0.2) is 0 Å². The first-order chi connectivity index (χ1) is 20.6. The first-order valence-corrected chi connectivity index (χ1v) is 15.8. The van der Waals surface area contributed by atoms with E-state index < -0.39 is 28.5 Å². The molecule has 2 amide bonds. The number of nitrogens with zero attached hydrogens (tertiary/aromatic N) is 2. The number of likely N-dealkylation sites (N-methyl/N-ethyl adjacent to an activating group) is 1. The zero-order valence-electron chi connectivity index (χ0n) is 25.1. The Morgan fingerprint density at radius 3 is 1.86 bits per heavy atom. The predicted molar refractivity (Wildman–Crippen MR) is 171 cm³/mol. The van der Waals surface area contributed by atoms with E-state index in [4.69, 9.17) is 0 Å². The minimum Gasteiger partial charge on any atom is -0.357 e. The fourth-order valence-corrected chi connectivity index (χ4v) is 6.31. The van der Waals surface area contributed by atoms with Gasteiger partial charge in [0, 0.05) is 20.0 Å². The first-order valence-electron chi connectivity index (χ1n) is 14.4. The number of hydrogen-bond acceptors (Lipinski definition) is 4. The molecule has 7 nitrogen and oxygen atoms in total. The number of anilines is 1. The highest BCUT2D eigenvalue weighted by Crippen LogP contribution is 2.27. The quantitative estimate of drug-likeness (QED) is 0.227. The molecule has 4 aromatic rings. The van der Waals surface area contributed by atoms with E-state index >= 15 is 0 Å². The number of benzene rings is 4. The normalized spacial score (nSPS) is 12.0. The van der Waals surface area contributed by atoms with E-state index in [1.54, 1.807) is 36.4 Å². The van der Waals surface area contributed by atoms with E-state index in [0.29, 0.717) is 5.69 Å². The molecule has 224 valence electrons. The van der Waals surface area contributed by atoms with Crippen LogP contribution in [-0.2, 0) is 32.6 Å². The minimum atomic E-state index is -4.13. The number of rotatable bonds is 12. The van der Waals surface area contributed by atoms with Crippen molar-refractivity contribution in [2.24, 2.45) is 0 Å². The molecule has 1 atom stereocenters. The van der Waals surface area contributed by atoms with Crippen molar-refractivity contribution in [3.05, 3.63) is 131 Å². The van der Waals surface area contributed by atoms with Crippen molar-refractivity contribution in [3.63, 3.8) is 0 Å². The topological polar surface area (TPSA) is 86.8 Å². The Bertz CT molecular complexity index is 1610. The van der Waals surface area contributed by atoms with Crippen LogP contribution in [0.4, 0.5) is 5.69 Å². The molecule has 1 N–H and O–H groups in total. The maximum absolute atomic E-state index is 14.3. The lowest BCUT2D eigenvalue weighted by molar-refractivity contribution is -0.139. The summed E-state index contributed by atoms with van der Waals surface area (Å²) in [4.78, 5) is 29.2. The molecule has 0 aliphatic carbocycles. The molecule has 43 heavy (non-hydrogen) atoms. The second-order valence-electron chi connectivity index (χ2n) is 10.9. The third-order valence-electron chi connectivity index (χ3n) is 7.45. The lowest BCUT2D eigenvalue weighted by Gasteiger charge is -2.33. The molecule has 0 aliphatic rings. The van der Waals surface area contributed by atoms with Gasteiger partial charge in [-0.25, -0.2) is 8.42 Å². The van der Waals surface area contributed by atoms with Crippen LogP contribution in [0.1, 0.15) is 42.0 Å². The van der Waals surface area contributed by atoms with Gasteiger partial charge in [-0.1, -0.05) is 104 Å². The molecule has 0 spiro atoms. The number of carbonyl (C=O) groups is 2. The van der Waals surface area contributed by atoms with E-state index in [9.17, 15) is 18.0 Å². The fourth-order valence-electron chi connectivity index (χ4n) is 4.89. The second kappa shape index (κ2) is 14.2. The van der Waals surface area contributed by atoms with Crippen molar-refractivity contribution in [1.29, 1.82) is 0 Å². The molecule has 0 fully saturated rings. The van der Waals surface area contributed by atoms with Crippen LogP contribution >= 0.6 is 0 Å². The van der Waals surface area contributed by atoms with Crippen LogP contribution in [0.15, 0.2) is 114 Å². The van der Waals surface area contributed by atoms with Crippen LogP contribution in [0, 0.1) is 6.92 Å². The van der Waals surface area contributed by atoms with Crippen molar-refractivity contribution in [3.8, 4) is 0 Å². The van der Waals surface area contributed by atoms with Crippen molar-refractivity contribution in [2.75, 3.05) is 17.9 Å². The summed E-state index contributed by atoms with van der Waals surface area (Å²) in [5, 5.41) is 2.70. The summed E-state index contributed by atoms with van der Waals surface area (Å²) in [5.74, 6) is -0.565. The smallest absolute Gasteiger partial charge is 0.264 e. The standard InChI is InChI=1S/C35H39N3O4S/c1-26(2)30-17-19-31(20-18-30)38(43(41,42)32-21-15-27(3)16-22-32)25-34(39)37(24-29-13-9-6-10-14-29)33(35(40)36-4)23-28-11-7-5-8-12-28/h5-22,26,33H,23-25H2,1-4H3,(H,36,40)/t33-/m1/s1. The van der Waals surface area contributed by atoms with Gasteiger partial charge in [-0.2, -0.15) is 0 Å². The van der Waals surface area contributed by atoms with Crippen molar-refractivity contribution in [1.82, 2.24) is 10.2 Å². The summed E-state index contributed by atoms with van der Waals surface area (Å²) in [6.45, 7) is 5.66. The minimum absolute atomic E-state index is 0.0839. The molecule has 8 heteroatoms. The van der Waals surface area contributed by atoms with Gasteiger partial charge in [0.1, 0.15) is 12.6 Å². The Balaban J connectivity index is 1.78. The highest BCUT2D eigenvalue weighted by Gasteiger charge is 2.34. The summed E-state index contributed by atoms with van der Waals surface area (Å²) in [6, 6.07) is 31.8. The van der Waals surface area contributed by atoms with Gasteiger partial charge in [0.2, 0.25) is 11.8 Å². The summed E-state index contributed by atoms with van der Waals surface area (Å²) in [5.41, 5.74) is 4.06. The number of amides is 2.